The Kier molecular flexibility index (Phi) is 8.83. The smallest absolute Gasteiger partial charge is 0.140 e. The van der Waals surface area contributed by atoms with Crippen molar-refractivity contribution in [3.05, 3.63) is 170 Å². The quantitative estimate of drug-likeness (QED) is 0.199. The maximum absolute atomic E-state index is 14.7. The zero-order valence-corrected chi connectivity index (χ0v) is 27.1. The Morgan fingerprint density at radius 1 is 0.386 bits per heavy atom. The summed E-state index contributed by atoms with van der Waals surface area (Å²) >= 11 is 0. The summed E-state index contributed by atoms with van der Waals surface area (Å²) in [6.45, 7) is 1.43. The molecule has 0 spiro atoms. The third-order valence-corrected chi connectivity index (χ3v) is 14.7. The van der Waals surface area contributed by atoms with Crippen LogP contribution in [-0.2, 0) is 0 Å². The third kappa shape index (κ3) is 5.82. The van der Waals surface area contributed by atoms with Crippen LogP contribution in [0.15, 0.2) is 170 Å². The average Bonchev–Trinajstić information content (AvgIpc) is 3.48. The molecule has 1 aliphatic heterocycles. The van der Waals surface area contributed by atoms with Crippen LogP contribution in [0.2, 0.25) is 0 Å². The normalized spacial score (nSPS) is 13.6. The second-order valence-corrected chi connectivity index (χ2v) is 16.6. The molecule has 0 aromatic heterocycles. The molecule has 1 heterocycles. The summed E-state index contributed by atoms with van der Waals surface area (Å²) in [6.07, 6.45) is 0. The topological polar surface area (TPSA) is 29.5 Å². The molecule has 44 heavy (non-hydrogen) atoms. The van der Waals surface area contributed by atoms with E-state index in [0.717, 1.165) is 11.4 Å². The van der Waals surface area contributed by atoms with Crippen LogP contribution in [0.4, 0.5) is 11.4 Å². The molecule has 6 aromatic rings. The fourth-order valence-corrected chi connectivity index (χ4v) is 12.7. The molecule has 0 aliphatic carbocycles. The molecule has 0 radical (unpaired) electrons. The van der Waals surface area contributed by atoms with Crippen molar-refractivity contribution in [1.82, 2.24) is 0 Å². The molecule has 6 heteroatoms. The van der Waals surface area contributed by atoms with E-state index >= 15 is 0 Å². The van der Waals surface area contributed by atoms with Gasteiger partial charge in [-0.15, -0.1) is 0 Å². The van der Waals surface area contributed by atoms with Gasteiger partial charge in [0.1, 0.15) is 8.45 Å². The van der Waals surface area contributed by atoms with Gasteiger partial charge in [0.05, 0.1) is 24.5 Å². The molecule has 0 N–H and O–H groups in total. The van der Waals surface area contributed by atoms with Crippen molar-refractivity contribution in [1.29, 1.82) is 0 Å². The predicted molar refractivity (Wildman–Crippen MR) is 193 cm³/mol. The van der Waals surface area contributed by atoms with Crippen LogP contribution in [0.5, 0.6) is 0 Å². The second-order valence-electron chi connectivity index (χ2n) is 10.6. The average molecular weight is 627 g/mol. The molecule has 1 aliphatic rings. The standard InChI is InChI=1S/C38H33N2OP3/c41-44-39(35-25-13-15-27-37(35)42(31-17-5-1-6-18-31)32-19-7-2-8-20-32)29-30-40(44)36-26-14-16-28-38(36)43(33-21-9-3-10-22-33)34-23-11-4-12-24-34/h1-28,44H,29-30H2. The highest BCUT2D eigenvalue weighted by molar-refractivity contribution is 7.80. The van der Waals surface area contributed by atoms with E-state index in [9.17, 15) is 4.89 Å². The summed E-state index contributed by atoms with van der Waals surface area (Å²) in [6, 6.07) is 60.2. The van der Waals surface area contributed by atoms with Crippen molar-refractivity contribution < 1.29 is 4.89 Å². The molecule has 7 rings (SSSR count). The molecule has 0 saturated carbocycles. The first-order chi connectivity index (χ1) is 21.8. The van der Waals surface area contributed by atoms with Gasteiger partial charge in [0, 0.05) is 10.6 Å². The summed E-state index contributed by atoms with van der Waals surface area (Å²) < 4.78 is 4.34. The largest absolute Gasteiger partial charge is 0.644 e. The van der Waals surface area contributed by atoms with Crippen molar-refractivity contribution in [2.75, 3.05) is 22.4 Å². The van der Waals surface area contributed by atoms with Crippen molar-refractivity contribution in [3.8, 4) is 0 Å². The van der Waals surface area contributed by atoms with Gasteiger partial charge in [0.2, 0.25) is 0 Å². The van der Waals surface area contributed by atoms with Gasteiger partial charge in [0.15, 0.2) is 0 Å². The minimum atomic E-state index is -2.34. The van der Waals surface area contributed by atoms with Gasteiger partial charge in [-0.3, -0.25) is 0 Å². The minimum absolute atomic E-state index is 0.713. The van der Waals surface area contributed by atoms with E-state index in [1.54, 1.807) is 0 Å². The Balaban J connectivity index is 1.28. The Morgan fingerprint density at radius 3 is 0.977 bits per heavy atom. The van der Waals surface area contributed by atoms with Gasteiger partial charge in [-0.2, -0.15) is 0 Å². The lowest BCUT2D eigenvalue weighted by Crippen LogP contribution is -2.30. The molecular formula is C38H33N2OP3. The Morgan fingerprint density at radius 2 is 0.659 bits per heavy atom. The minimum Gasteiger partial charge on any atom is -0.644 e. The SMILES string of the molecule is [O-][PH+]1N(c2ccccc2P(c2ccccc2)c2ccccc2)CCN1c1ccccc1P(c1ccccc1)c1ccccc1. The van der Waals surface area contributed by atoms with Gasteiger partial charge >= 0.3 is 0 Å². The second kappa shape index (κ2) is 13.4. The number of anilines is 2. The van der Waals surface area contributed by atoms with Crippen LogP contribution < -0.4 is 46.1 Å². The van der Waals surface area contributed by atoms with E-state index in [1.807, 2.05) is 0 Å². The van der Waals surface area contributed by atoms with E-state index in [2.05, 4.69) is 179 Å². The molecule has 0 unspecified atom stereocenters. The van der Waals surface area contributed by atoms with Crippen molar-refractivity contribution >= 4 is 67.5 Å². The number of para-hydroxylation sites is 2. The molecule has 0 atom stereocenters. The zero-order chi connectivity index (χ0) is 29.7. The third-order valence-electron chi connectivity index (χ3n) is 7.89. The van der Waals surface area contributed by atoms with E-state index in [1.165, 1.54) is 31.8 Å². The number of hydrogen-bond donors (Lipinski definition) is 0. The lowest BCUT2D eigenvalue weighted by atomic mass is 10.3. The van der Waals surface area contributed by atoms with Crippen molar-refractivity contribution in [2.45, 2.75) is 0 Å². The predicted octanol–water partition coefficient (Wildman–Crippen LogP) is 5.85. The van der Waals surface area contributed by atoms with Gasteiger partial charge in [-0.05, 0) is 49.2 Å². The highest BCUT2D eigenvalue weighted by atomic mass is 31.2. The van der Waals surface area contributed by atoms with Crippen LogP contribution >= 0.6 is 24.3 Å². The Labute approximate surface area is 263 Å². The zero-order valence-electron chi connectivity index (χ0n) is 24.3. The van der Waals surface area contributed by atoms with E-state index in [4.69, 9.17) is 0 Å². The number of nitrogens with zero attached hydrogens (tertiary/aromatic N) is 2. The van der Waals surface area contributed by atoms with E-state index in [-0.39, 0.29) is 0 Å². The van der Waals surface area contributed by atoms with Crippen LogP contribution in [0.3, 0.4) is 0 Å². The molecule has 216 valence electrons. The van der Waals surface area contributed by atoms with Crippen molar-refractivity contribution in [3.63, 3.8) is 0 Å². The molecule has 3 nitrogen and oxygen atoms in total. The van der Waals surface area contributed by atoms with Gasteiger partial charge in [-0.25, -0.2) is 9.34 Å². The van der Waals surface area contributed by atoms with E-state index < -0.39 is 24.3 Å². The fraction of sp³-hybridized carbons (Fsp3) is 0.0526. The molecule has 6 aromatic carbocycles. The number of hydrogen-bond acceptors (Lipinski definition) is 3. The van der Waals surface area contributed by atoms with Gasteiger partial charge < -0.3 is 4.89 Å². The Bertz CT molecular complexity index is 1590. The lowest BCUT2D eigenvalue weighted by molar-refractivity contribution is -0.159. The van der Waals surface area contributed by atoms with Crippen LogP contribution in [0.25, 0.3) is 0 Å². The first-order valence-electron chi connectivity index (χ1n) is 14.9. The van der Waals surface area contributed by atoms with Gasteiger partial charge in [0.25, 0.3) is 0 Å². The van der Waals surface area contributed by atoms with Gasteiger partial charge in [-0.1, -0.05) is 158 Å². The Hall–Kier alpha value is -3.83. The first kappa shape index (κ1) is 28.9. The molecule has 0 bridgehead atoms. The highest BCUT2D eigenvalue weighted by Crippen LogP contribution is 2.50. The van der Waals surface area contributed by atoms with Crippen LogP contribution in [0.1, 0.15) is 0 Å². The molecular weight excluding hydrogens is 593 g/mol. The number of rotatable bonds is 8. The summed E-state index contributed by atoms with van der Waals surface area (Å²) in [5, 5.41) is 7.64. The summed E-state index contributed by atoms with van der Waals surface area (Å²) in [5.41, 5.74) is 2.15. The first-order valence-corrected chi connectivity index (χ1v) is 18.9. The van der Waals surface area contributed by atoms with Crippen LogP contribution in [-0.4, -0.2) is 13.1 Å². The summed E-state index contributed by atoms with van der Waals surface area (Å²) in [4.78, 5) is 14.7. The van der Waals surface area contributed by atoms with E-state index in [0.29, 0.717) is 13.1 Å². The fourth-order valence-electron chi connectivity index (χ4n) is 5.91. The molecule has 1 fully saturated rings. The maximum atomic E-state index is 14.7. The maximum Gasteiger partial charge on any atom is 0.140 e. The van der Waals surface area contributed by atoms with Crippen LogP contribution in [0, 0.1) is 0 Å². The molecule has 0 amide bonds. The highest BCUT2D eigenvalue weighted by Gasteiger charge is 2.37. The molecule has 1 saturated heterocycles. The monoisotopic (exact) mass is 626 g/mol. The number of benzene rings is 6. The van der Waals surface area contributed by atoms with Crippen molar-refractivity contribution in [2.24, 2.45) is 0 Å². The summed E-state index contributed by atoms with van der Waals surface area (Å²) in [5.74, 6) is 0. The summed E-state index contributed by atoms with van der Waals surface area (Å²) in [7, 11) is -3.99. The lowest BCUT2D eigenvalue weighted by Gasteiger charge is -2.32.